The van der Waals surface area contributed by atoms with Crippen LogP contribution in [-0.2, 0) is 4.79 Å². The average Bonchev–Trinajstić information content (AvgIpc) is 3.31. The van der Waals surface area contributed by atoms with E-state index in [9.17, 15) is 4.79 Å². The summed E-state index contributed by atoms with van der Waals surface area (Å²) in [5.41, 5.74) is 0. The molecule has 3 rings (SSSR count). The van der Waals surface area contributed by atoms with Gasteiger partial charge in [0.15, 0.2) is 0 Å². The summed E-state index contributed by atoms with van der Waals surface area (Å²) in [6, 6.07) is 1.88. The minimum atomic E-state index is 0.183. The van der Waals surface area contributed by atoms with Gasteiger partial charge in [0.2, 0.25) is 5.91 Å². The van der Waals surface area contributed by atoms with Crippen molar-refractivity contribution in [3.63, 3.8) is 0 Å². The number of hydrogen-bond acceptors (Lipinski definition) is 3. The molecule has 3 aliphatic rings. The van der Waals surface area contributed by atoms with E-state index in [0.717, 1.165) is 6.04 Å². The molecule has 0 aromatic heterocycles. The maximum Gasteiger partial charge on any atom is 0.234 e. The number of hydrogen-bond donors (Lipinski definition) is 2. The number of likely N-dealkylation sites (tertiary alicyclic amines) is 1. The van der Waals surface area contributed by atoms with Gasteiger partial charge in [-0.15, -0.1) is 0 Å². The average molecular weight is 279 g/mol. The lowest BCUT2D eigenvalue weighted by atomic mass is 9.92. The first-order chi connectivity index (χ1) is 9.81. The molecule has 114 valence electrons. The van der Waals surface area contributed by atoms with Crippen LogP contribution in [0.1, 0.15) is 57.8 Å². The summed E-state index contributed by atoms with van der Waals surface area (Å²) in [5, 5.41) is 6.48. The van der Waals surface area contributed by atoms with Gasteiger partial charge in [-0.3, -0.25) is 4.79 Å². The van der Waals surface area contributed by atoms with E-state index in [1.54, 1.807) is 0 Å². The zero-order chi connectivity index (χ0) is 13.8. The van der Waals surface area contributed by atoms with Gasteiger partial charge in [0.25, 0.3) is 0 Å². The molecule has 0 spiro atoms. The van der Waals surface area contributed by atoms with E-state index in [1.807, 2.05) is 0 Å². The first-order valence-corrected chi connectivity index (χ1v) is 8.58. The van der Waals surface area contributed by atoms with Crippen LogP contribution in [0.4, 0.5) is 0 Å². The predicted octanol–water partition coefficient (Wildman–Crippen LogP) is 1.65. The standard InChI is InChI=1S/C16H29N3O/c20-16(18-14-6-7-14)12-17-13-8-10-19(11-9-13)15-4-2-1-3-5-15/h13-15,17H,1-12H2,(H,18,20). The SMILES string of the molecule is O=C(CNC1CCN(C2CCCCC2)CC1)NC1CC1. The Morgan fingerprint density at radius 3 is 2.25 bits per heavy atom. The summed E-state index contributed by atoms with van der Waals surface area (Å²) in [6.07, 6.45) is 11.8. The van der Waals surface area contributed by atoms with E-state index in [0.29, 0.717) is 18.6 Å². The molecule has 20 heavy (non-hydrogen) atoms. The Balaban J connectivity index is 1.32. The number of piperidine rings is 1. The molecule has 0 unspecified atom stereocenters. The third-order valence-electron chi connectivity index (χ3n) is 5.11. The molecular formula is C16H29N3O. The molecule has 1 saturated heterocycles. The van der Waals surface area contributed by atoms with Gasteiger partial charge in [-0.1, -0.05) is 19.3 Å². The molecule has 2 saturated carbocycles. The van der Waals surface area contributed by atoms with Crippen LogP contribution in [0.5, 0.6) is 0 Å². The second-order valence-corrected chi connectivity index (χ2v) is 6.82. The number of amides is 1. The first kappa shape index (κ1) is 14.3. The van der Waals surface area contributed by atoms with Gasteiger partial charge in [0.1, 0.15) is 0 Å². The smallest absolute Gasteiger partial charge is 0.234 e. The molecular weight excluding hydrogens is 250 g/mol. The number of rotatable bonds is 5. The minimum absolute atomic E-state index is 0.183. The van der Waals surface area contributed by atoms with Crippen LogP contribution < -0.4 is 10.6 Å². The lowest BCUT2D eigenvalue weighted by molar-refractivity contribution is -0.120. The molecule has 3 fully saturated rings. The minimum Gasteiger partial charge on any atom is -0.352 e. The molecule has 1 heterocycles. The molecule has 2 aliphatic carbocycles. The highest BCUT2D eigenvalue weighted by atomic mass is 16.2. The van der Waals surface area contributed by atoms with E-state index in [1.165, 1.54) is 70.9 Å². The zero-order valence-electron chi connectivity index (χ0n) is 12.6. The fourth-order valence-electron chi connectivity index (χ4n) is 3.66. The van der Waals surface area contributed by atoms with E-state index in [4.69, 9.17) is 0 Å². The quantitative estimate of drug-likeness (QED) is 0.804. The van der Waals surface area contributed by atoms with Crippen LogP contribution in [0.2, 0.25) is 0 Å². The lowest BCUT2D eigenvalue weighted by Gasteiger charge is -2.39. The number of carbonyl (C=O) groups excluding carboxylic acids is 1. The largest absolute Gasteiger partial charge is 0.352 e. The fourth-order valence-corrected chi connectivity index (χ4v) is 3.66. The van der Waals surface area contributed by atoms with Crippen molar-refractivity contribution >= 4 is 5.91 Å². The monoisotopic (exact) mass is 279 g/mol. The van der Waals surface area contributed by atoms with Crippen molar-refractivity contribution in [1.29, 1.82) is 0 Å². The summed E-state index contributed by atoms with van der Waals surface area (Å²) >= 11 is 0. The summed E-state index contributed by atoms with van der Waals surface area (Å²) in [7, 11) is 0. The maximum atomic E-state index is 11.7. The van der Waals surface area contributed by atoms with E-state index in [-0.39, 0.29) is 5.91 Å². The highest BCUT2D eigenvalue weighted by Gasteiger charge is 2.27. The Bertz CT molecular complexity index is 316. The maximum absolute atomic E-state index is 11.7. The Morgan fingerprint density at radius 1 is 0.900 bits per heavy atom. The van der Waals surface area contributed by atoms with Crippen molar-refractivity contribution in [3.8, 4) is 0 Å². The van der Waals surface area contributed by atoms with Crippen molar-refractivity contribution in [3.05, 3.63) is 0 Å². The van der Waals surface area contributed by atoms with Crippen molar-refractivity contribution in [2.45, 2.75) is 75.9 Å². The Hall–Kier alpha value is -0.610. The molecule has 4 nitrogen and oxygen atoms in total. The van der Waals surface area contributed by atoms with E-state index in [2.05, 4.69) is 15.5 Å². The molecule has 0 radical (unpaired) electrons. The third-order valence-corrected chi connectivity index (χ3v) is 5.11. The van der Waals surface area contributed by atoms with Crippen LogP contribution in [0.25, 0.3) is 0 Å². The Kier molecular flexibility index (Phi) is 4.94. The number of nitrogens with zero attached hydrogens (tertiary/aromatic N) is 1. The molecule has 0 atom stereocenters. The lowest BCUT2D eigenvalue weighted by Crippen LogP contribution is -2.49. The van der Waals surface area contributed by atoms with Gasteiger partial charge < -0.3 is 15.5 Å². The van der Waals surface area contributed by atoms with Crippen molar-refractivity contribution in [2.24, 2.45) is 0 Å². The van der Waals surface area contributed by atoms with Crippen molar-refractivity contribution in [2.75, 3.05) is 19.6 Å². The summed E-state index contributed by atoms with van der Waals surface area (Å²) in [6.45, 7) is 2.93. The summed E-state index contributed by atoms with van der Waals surface area (Å²) in [4.78, 5) is 14.4. The van der Waals surface area contributed by atoms with E-state index >= 15 is 0 Å². The molecule has 1 aliphatic heterocycles. The summed E-state index contributed by atoms with van der Waals surface area (Å²) < 4.78 is 0. The topological polar surface area (TPSA) is 44.4 Å². The normalized spacial score (nSPS) is 26.6. The molecule has 2 N–H and O–H groups in total. The molecule has 0 aromatic rings. The van der Waals surface area contributed by atoms with E-state index < -0.39 is 0 Å². The van der Waals surface area contributed by atoms with Gasteiger partial charge in [0.05, 0.1) is 6.54 Å². The zero-order valence-corrected chi connectivity index (χ0v) is 12.6. The highest BCUT2D eigenvalue weighted by Crippen LogP contribution is 2.25. The van der Waals surface area contributed by atoms with Crippen LogP contribution in [0.15, 0.2) is 0 Å². The van der Waals surface area contributed by atoms with Gasteiger partial charge in [0, 0.05) is 18.1 Å². The summed E-state index contributed by atoms with van der Waals surface area (Å²) in [5.74, 6) is 0.183. The first-order valence-electron chi connectivity index (χ1n) is 8.58. The molecule has 4 heteroatoms. The predicted molar refractivity (Wildman–Crippen MR) is 80.6 cm³/mol. The Labute approximate surface area is 122 Å². The van der Waals surface area contributed by atoms with Crippen molar-refractivity contribution < 1.29 is 4.79 Å². The third kappa shape index (κ3) is 4.19. The Morgan fingerprint density at radius 2 is 1.60 bits per heavy atom. The van der Waals surface area contributed by atoms with Crippen LogP contribution >= 0.6 is 0 Å². The van der Waals surface area contributed by atoms with Crippen LogP contribution in [0, 0.1) is 0 Å². The molecule has 0 aromatic carbocycles. The van der Waals surface area contributed by atoms with Crippen molar-refractivity contribution in [1.82, 2.24) is 15.5 Å². The molecule has 1 amide bonds. The van der Waals surface area contributed by atoms with Gasteiger partial charge in [-0.25, -0.2) is 0 Å². The van der Waals surface area contributed by atoms with Gasteiger partial charge >= 0.3 is 0 Å². The van der Waals surface area contributed by atoms with Crippen LogP contribution in [-0.4, -0.2) is 48.6 Å². The van der Waals surface area contributed by atoms with Gasteiger partial charge in [-0.2, -0.15) is 0 Å². The number of carbonyl (C=O) groups is 1. The second-order valence-electron chi connectivity index (χ2n) is 6.82. The fraction of sp³-hybridized carbons (Fsp3) is 0.938. The van der Waals surface area contributed by atoms with Gasteiger partial charge in [-0.05, 0) is 51.6 Å². The molecule has 0 bridgehead atoms. The highest BCUT2D eigenvalue weighted by molar-refractivity contribution is 5.78. The second kappa shape index (κ2) is 6.90. The van der Waals surface area contributed by atoms with Crippen LogP contribution in [0.3, 0.4) is 0 Å². The number of nitrogens with one attached hydrogen (secondary N) is 2.